The van der Waals surface area contributed by atoms with Gasteiger partial charge in [-0.1, -0.05) is 74.7 Å². The second-order valence-electron chi connectivity index (χ2n) is 9.38. The smallest absolute Gasteiger partial charge is 0.271 e. The highest BCUT2D eigenvalue weighted by Crippen LogP contribution is 2.38. The zero-order valence-corrected chi connectivity index (χ0v) is 22.7. The molecule has 1 saturated carbocycles. The van der Waals surface area contributed by atoms with Crippen LogP contribution in [0.5, 0.6) is 0 Å². The lowest BCUT2D eigenvalue weighted by atomic mass is 10.00. The minimum Gasteiger partial charge on any atom is -0.271 e. The van der Waals surface area contributed by atoms with Gasteiger partial charge in [0.2, 0.25) is 0 Å². The largest absolute Gasteiger partial charge is 0.417 e. The molecule has 2 aromatic rings. The Morgan fingerprint density at radius 1 is 0.895 bits per heavy atom. The van der Waals surface area contributed by atoms with Crippen LogP contribution in [0.25, 0.3) is 0 Å². The van der Waals surface area contributed by atoms with Crippen LogP contribution in [0.3, 0.4) is 0 Å². The minimum atomic E-state index is -4.81. The van der Waals surface area contributed by atoms with E-state index in [0.717, 1.165) is 69.2 Å². The molecule has 38 heavy (non-hydrogen) atoms. The second kappa shape index (κ2) is 14.0. The highest BCUT2D eigenvalue weighted by Gasteiger charge is 2.35. The number of benzene rings is 2. The molecule has 0 saturated heterocycles. The van der Waals surface area contributed by atoms with Crippen molar-refractivity contribution in [2.24, 2.45) is 5.10 Å². The van der Waals surface area contributed by atoms with Crippen molar-refractivity contribution in [3.05, 3.63) is 59.1 Å². The molecule has 0 spiro atoms. The summed E-state index contributed by atoms with van der Waals surface area (Å²) in [6, 6.07) is 9.96. The summed E-state index contributed by atoms with van der Waals surface area (Å²) in [7, 11) is -4.38. The first-order chi connectivity index (χ1) is 18.1. The van der Waals surface area contributed by atoms with E-state index in [4.69, 9.17) is 11.6 Å². The third kappa shape index (κ3) is 8.73. The predicted octanol–water partition coefficient (Wildman–Crippen LogP) is 7.33. The Morgan fingerprint density at radius 3 is 2.00 bits per heavy atom. The van der Waals surface area contributed by atoms with Gasteiger partial charge in [0, 0.05) is 5.71 Å². The molecule has 1 amide bonds. The molecule has 1 N–H and O–H groups in total. The summed E-state index contributed by atoms with van der Waals surface area (Å²) >= 11 is 5.74. The molecule has 1 aliphatic carbocycles. The molecule has 11 heteroatoms. The molecule has 1 fully saturated rings. The highest BCUT2D eigenvalue weighted by molar-refractivity contribution is 7.92. The van der Waals surface area contributed by atoms with Gasteiger partial charge in [-0.25, -0.2) is 13.8 Å². The van der Waals surface area contributed by atoms with Crippen LogP contribution < -0.4 is 9.73 Å². The van der Waals surface area contributed by atoms with Gasteiger partial charge in [-0.05, 0) is 56.0 Å². The summed E-state index contributed by atoms with van der Waals surface area (Å²) in [5.74, 6) is -0.758. The summed E-state index contributed by atoms with van der Waals surface area (Å²) in [6.45, 7) is -0.757. The first-order valence-electron chi connectivity index (χ1n) is 12.9. The van der Waals surface area contributed by atoms with E-state index in [-0.39, 0.29) is 10.6 Å². The maximum absolute atomic E-state index is 13.5. The summed E-state index contributed by atoms with van der Waals surface area (Å²) < 4.78 is 68.1. The molecule has 0 heterocycles. The van der Waals surface area contributed by atoms with Crippen LogP contribution in [0.4, 0.5) is 18.9 Å². The number of rotatable bonds is 6. The van der Waals surface area contributed by atoms with Crippen molar-refractivity contribution in [3.8, 4) is 0 Å². The molecule has 3 rings (SSSR count). The summed E-state index contributed by atoms with van der Waals surface area (Å²) in [5.41, 5.74) is 1.75. The van der Waals surface area contributed by atoms with Gasteiger partial charge in [-0.3, -0.25) is 9.10 Å². The number of hydrogen-bond acceptors (Lipinski definition) is 4. The third-order valence-corrected chi connectivity index (χ3v) is 8.55. The van der Waals surface area contributed by atoms with Crippen LogP contribution in [0.1, 0.15) is 76.2 Å². The fourth-order valence-electron chi connectivity index (χ4n) is 4.36. The number of anilines is 1. The van der Waals surface area contributed by atoms with E-state index in [2.05, 4.69) is 10.5 Å². The molecule has 2 aromatic carbocycles. The number of hydrogen-bond donors (Lipinski definition) is 1. The van der Waals surface area contributed by atoms with Crippen LogP contribution in [0, 0.1) is 0 Å². The quantitative estimate of drug-likeness (QED) is 0.369. The van der Waals surface area contributed by atoms with E-state index in [0.29, 0.717) is 10.4 Å². The molecule has 0 radical (unpaired) electrons. The molecule has 6 nitrogen and oxygen atoms in total. The van der Waals surface area contributed by atoms with Gasteiger partial charge in [-0.2, -0.15) is 18.3 Å². The van der Waals surface area contributed by atoms with Crippen LogP contribution in [-0.4, -0.2) is 26.6 Å². The Morgan fingerprint density at radius 2 is 1.45 bits per heavy atom. The number of carbonyl (C=O) groups is 1. The Kier molecular flexibility index (Phi) is 11.0. The maximum atomic E-state index is 13.5. The lowest BCUT2D eigenvalue weighted by Crippen LogP contribution is -2.40. The first kappa shape index (κ1) is 30.0. The molecule has 0 bridgehead atoms. The van der Waals surface area contributed by atoms with Crippen LogP contribution in [0.15, 0.2) is 58.5 Å². The molecule has 1 aliphatic rings. The molecule has 0 aromatic heterocycles. The van der Waals surface area contributed by atoms with Gasteiger partial charge in [-0.15, -0.1) is 0 Å². The Bertz CT molecular complexity index is 1190. The summed E-state index contributed by atoms with van der Waals surface area (Å²) in [4.78, 5) is 12.7. The van der Waals surface area contributed by atoms with Gasteiger partial charge >= 0.3 is 6.18 Å². The average molecular weight is 572 g/mol. The van der Waals surface area contributed by atoms with Gasteiger partial charge < -0.3 is 0 Å². The first-order valence-corrected chi connectivity index (χ1v) is 14.7. The monoisotopic (exact) mass is 571 g/mol. The topological polar surface area (TPSA) is 78.8 Å². The normalized spacial score (nSPS) is 16.2. The van der Waals surface area contributed by atoms with E-state index in [1.165, 1.54) is 43.5 Å². The highest BCUT2D eigenvalue weighted by atomic mass is 35.5. The van der Waals surface area contributed by atoms with E-state index in [1.807, 2.05) is 0 Å². The molecular weight excluding hydrogens is 539 g/mol. The zero-order chi connectivity index (χ0) is 27.6. The van der Waals surface area contributed by atoms with Crippen molar-refractivity contribution in [3.63, 3.8) is 0 Å². The molecule has 208 valence electrons. The minimum absolute atomic E-state index is 0.165. The number of halogens is 4. The van der Waals surface area contributed by atoms with Crippen molar-refractivity contribution in [1.82, 2.24) is 5.43 Å². The predicted molar refractivity (Wildman–Crippen MR) is 144 cm³/mol. The number of alkyl halides is 3. The van der Waals surface area contributed by atoms with E-state index in [9.17, 15) is 26.4 Å². The number of carbonyl (C=O) groups excluding carboxylic acids is 1. The summed E-state index contributed by atoms with van der Waals surface area (Å²) in [6.07, 6.45) is 6.74. The molecule has 0 aliphatic heterocycles. The fourth-order valence-corrected chi connectivity index (χ4v) is 6.02. The zero-order valence-electron chi connectivity index (χ0n) is 21.1. The molecule has 0 atom stereocenters. The van der Waals surface area contributed by atoms with Crippen LogP contribution >= 0.6 is 11.6 Å². The lowest BCUT2D eigenvalue weighted by Gasteiger charge is -2.25. The maximum Gasteiger partial charge on any atom is 0.417 e. The number of nitrogens with zero attached hydrogens (tertiary/aromatic N) is 2. The van der Waals surface area contributed by atoms with Crippen LogP contribution in [0.2, 0.25) is 5.02 Å². The van der Waals surface area contributed by atoms with Gasteiger partial charge in [0.15, 0.2) is 0 Å². The average Bonchev–Trinajstić information content (AvgIpc) is 2.87. The third-order valence-electron chi connectivity index (χ3n) is 6.43. The Balaban J connectivity index is 1.85. The Hall–Kier alpha value is -2.59. The van der Waals surface area contributed by atoms with Crippen molar-refractivity contribution in [1.29, 1.82) is 0 Å². The fraction of sp³-hybridized carbons (Fsp3) is 0.481. The van der Waals surface area contributed by atoms with E-state index < -0.39 is 39.2 Å². The number of sulfonamides is 1. The Labute approximate surface area is 227 Å². The number of nitrogens with one attached hydrogen (secondary N) is 1. The second-order valence-corrected chi connectivity index (χ2v) is 11.7. The van der Waals surface area contributed by atoms with Gasteiger partial charge in [0.1, 0.15) is 6.54 Å². The number of amides is 1. The van der Waals surface area contributed by atoms with Crippen molar-refractivity contribution in [2.45, 2.75) is 81.7 Å². The van der Waals surface area contributed by atoms with Crippen molar-refractivity contribution < 1.29 is 26.4 Å². The van der Waals surface area contributed by atoms with Crippen molar-refractivity contribution in [2.75, 3.05) is 10.8 Å². The number of hydrazone groups is 1. The van der Waals surface area contributed by atoms with Gasteiger partial charge in [0.25, 0.3) is 15.9 Å². The summed E-state index contributed by atoms with van der Waals surface area (Å²) in [5, 5.41) is 3.71. The van der Waals surface area contributed by atoms with Crippen LogP contribution in [-0.2, 0) is 21.0 Å². The van der Waals surface area contributed by atoms with Crippen molar-refractivity contribution >= 4 is 38.9 Å². The lowest BCUT2D eigenvalue weighted by molar-refractivity contribution is -0.137. The SMILES string of the molecule is O=C(CN(c1ccc(Cl)c(C(F)(F)F)c1)S(=O)(=O)c1ccccc1)NN=C1CCCCCCCCCCC1. The van der Waals surface area contributed by atoms with E-state index in [1.54, 1.807) is 6.07 Å². The van der Waals surface area contributed by atoms with E-state index >= 15 is 0 Å². The standard InChI is InChI=1S/C27H33ClF3N3O3S/c28-25-18-17-22(19-24(25)27(29,30)31)34(38(36,37)23-15-11-8-12-16-23)20-26(35)33-32-21-13-9-6-4-2-1-3-5-7-10-14-21/h8,11-12,15-19H,1-7,9-10,13-14,20H2,(H,33,35). The molecular formula is C27H33ClF3N3O3S. The molecule has 0 unspecified atom stereocenters. The van der Waals surface area contributed by atoms with Gasteiger partial charge in [0.05, 0.1) is 21.2 Å².